The van der Waals surface area contributed by atoms with Gasteiger partial charge in [-0.05, 0) is 32.4 Å². The molecule has 0 heterocycles. The number of amides is 1. The van der Waals surface area contributed by atoms with E-state index in [1.807, 2.05) is 13.0 Å². The molecule has 1 aromatic carbocycles. The molecule has 0 aliphatic heterocycles. The number of ether oxygens (including phenoxy) is 1. The van der Waals surface area contributed by atoms with Gasteiger partial charge in [0.2, 0.25) is 5.91 Å². The number of nitrogens with one attached hydrogen (secondary N) is 1. The highest BCUT2D eigenvalue weighted by Gasteiger charge is 2.30. The van der Waals surface area contributed by atoms with E-state index < -0.39 is 11.4 Å². The molecule has 0 bridgehead atoms. The number of carboxylic acid groups (broad SMARTS) is 1. The van der Waals surface area contributed by atoms with E-state index in [0.717, 1.165) is 6.42 Å². The number of carbonyl (C=O) groups excluding carboxylic acids is 1. The molecule has 5 nitrogen and oxygen atoms in total. The topological polar surface area (TPSA) is 75.6 Å². The van der Waals surface area contributed by atoms with Crippen molar-refractivity contribution >= 4 is 17.6 Å². The number of benzene rings is 1. The maximum Gasteiger partial charge on any atom is 0.309 e. The van der Waals surface area contributed by atoms with Crippen LogP contribution in [0.25, 0.3) is 0 Å². The molecule has 1 rings (SSSR count). The Bertz CT molecular complexity index is 483. The normalized spacial score (nSPS) is 10.9. The third kappa shape index (κ3) is 4.91. The van der Waals surface area contributed by atoms with Crippen LogP contribution >= 0.6 is 0 Å². The molecule has 0 unspecified atom stereocenters. The van der Waals surface area contributed by atoms with Crippen molar-refractivity contribution in [2.75, 3.05) is 11.9 Å². The summed E-state index contributed by atoms with van der Waals surface area (Å²) >= 11 is 0. The SMILES string of the molecule is CCCOc1cccc(NC(=O)CC(C)(C)C(=O)O)c1. The molecule has 0 aliphatic rings. The molecular formula is C15H21NO4. The lowest BCUT2D eigenvalue weighted by atomic mass is 9.89. The second kappa shape index (κ2) is 6.93. The Morgan fingerprint density at radius 1 is 1.35 bits per heavy atom. The van der Waals surface area contributed by atoms with E-state index in [9.17, 15) is 9.59 Å². The zero-order valence-electron chi connectivity index (χ0n) is 12.1. The van der Waals surface area contributed by atoms with E-state index in [2.05, 4.69) is 5.32 Å². The van der Waals surface area contributed by atoms with Gasteiger partial charge in [-0.2, -0.15) is 0 Å². The summed E-state index contributed by atoms with van der Waals surface area (Å²) in [5.41, 5.74) is -0.481. The number of aliphatic carboxylic acids is 1. The summed E-state index contributed by atoms with van der Waals surface area (Å²) in [6, 6.07) is 7.06. The standard InChI is InChI=1S/C15H21NO4/c1-4-8-20-12-7-5-6-11(9-12)16-13(17)10-15(2,3)14(18)19/h5-7,9H,4,8,10H2,1-3H3,(H,16,17)(H,18,19). The maximum absolute atomic E-state index is 11.8. The first-order valence-corrected chi connectivity index (χ1v) is 6.61. The fourth-order valence-electron chi connectivity index (χ4n) is 1.57. The lowest BCUT2D eigenvalue weighted by molar-refractivity contribution is -0.148. The van der Waals surface area contributed by atoms with Gasteiger partial charge >= 0.3 is 5.97 Å². The summed E-state index contributed by atoms with van der Waals surface area (Å²) in [5, 5.41) is 11.7. The highest BCUT2D eigenvalue weighted by molar-refractivity contribution is 5.94. The molecule has 1 amide bonds. The van der Waals surface area contributed by atoms with E-state index in [1.54, 1.807) is 18.2 Å². The summed E-state index contributed by atoms with van der Waals surface area (Å²) in [6.45, 7) is 5.68. The molecule has 0 saturated carbocycles. The Morgan fingerprint density at radius 3 is 2.65 bits per heavy atom. The van der Waals surface area contributed by atoms with Gasteiger partial charge < -0.3 is 15.2 Å². The van der Waals surface area contributed by atoms with E-state index in [1.165, 1.54) is 13.8 Å². The van der Waals surface area contributed by atoms with E-state index >= 15 is 0 Å². The smallest absolute Gasteiger partial charge is 0.309 e. The number of anilines is 1. The first-order valence-electron chi connectivity index (χ1n) is 6.61. The lowest BCUT2D eigenvalue weighted by Gasteiger charge is -2.18. The minimum atomic E-state index is -1.08. The minimum absolute atomic E-state index is 0.0810. The van der Waals surface area contributed by atoms with Crippen LogP contribution in [-0.4, -0.2) is 23.6 Å². The molecule has 0 aromatic heterocycles. The van der Waals surface area contributed by atoms with Crippen LogP contribution in [0.5, 0.6) is 5.75 Å². The van der Waals surface area contributed by atoms with Gasteiger partial charge in [0.05, 0.1) is 12.0 Å². The molecule has 0 spiro atoms. The summed E-state index contributed by atoms with van der Waals surface area (Å²) in [6.07, 6.45) is 0.825. The predicted octanol–water partition coefficient (Wildman–Crippen LogP) is 2.91. The number of hydrogen-bond donors (Lipinski definition) is 2. The van der Waals surface area contributed by atoms with Crippen LogP contribution in [0, 0.1) is 5.41 Å². The second-order valence-corrected chi connectivity index (χ2v) is 5.29. The molecule has 0 aliphatic carbocycles. The molecule has 2 N–H and O–H groups in total. The van der Waals surface area contributed by atoms with Crippen LogP contribution < -0.4 is 10.1 Å². The first-order chi connectivity index (χ1) is 9.35. The van der Waals surface area contributed by atoms with Crippen LogP contribution in [0.1, 0.15) is 33.6 Å². The highest BCUT2D eigenvalue weighted by atomic mass is 16.5. The lowest BCUT2D eigenvalue weighted by Crippen LogP contribution is -2.29. The molecule has 0 fully saturated rings. The molecule has 0 radical (unpaired) electrons. The second-order valence-electron chi connectivity index (χ2n) is 5.29. The Hall–Kier alpha value is -2.04. The number of rotatable bonds is 7. The minimum Gasteiger partial charge on any atom is -0.494 e. The van der Waals surface area contributed by atoms with Gasteiger partial charge in [-0.3, -0.25) is 9.59 Å². The Kier molecular flexibility index (Phi) is 5.55. The van der Waals surface area contributed by atoms with Gasteiger partial charge in [0.15, 0.2) is 0 Å². The van der Waals surface area contributed by atoms with E-state index in [-0.39, 0.29) is 12.3 Å². The summed E-state index contributed by atoms with van der Waals surface area (Å²) < 4.78 is 5.47. The van der Waals surface area contributed by atoms with Crippen molar-refractivity contribution in [2.45, 2.75) is 33.6 Å². The molecule has 20 heavy (non-hydrogen) atoms. The number of carboxylic acids is 1. The summed E-state index contributed by atoms with van der Waals surface area (Å²) in [4.78, 5) is 22.8. The van der Waals surface area contributed by atoms with Crippen LogP contribution in [0.15, 0.2) is 24.3 Å². The third-order valence-corrected chi connectivity index (χ3v) is 2.77. The van der Waals surface area contributed by atoms with Crippen molar-refractivity contribution in [2.24, 2.45) is 5.41 Å². The van der Waals surface area contributed by atoms with Gasteiger partial charge in [0.25, 0.3) is 0 Å². The maximum atomic E-state index is 11.8. The molecule has 1 aromatic rings. The van der Waals surface area contributed by atoms with Gasteiger partial charge in [-0.15, -0.1) is 0 Å². The molecule has 0 saturated heterocycles. The summed E-state index contributed by atoms with van der Waals surface area (Å²) in [7, 11) is 0. The number of hydrogen-bond acceptors (Lipinski definition) is 3. The van der Waals surface area contributed by atoms with Crippen molar-refractivity contribution in [3.8, 4) is 5.75 Å². The fraction of sp³-hybridized carbons (Fsp3) is 0.467. The highest BCUT2D eigenvalue weighted by Crippen LogP contribution is 2.22. The predicted molar refractivity (Wildman–Crippen MR) is 76.9 cm³/mol. The van der Waals surface area contributed by atoms with E-state index in [4.69, 9.17) is 9.84 Å². The Balaban J connectivity index is 2.64. The zero-order chi connectivity index (χ0) is 15.2. The average molecular weight is 279 g/mol. The monoisotopic (exact) mass is 279 g/mol. The van der Waals surface area contributed by atoms with E-state index in [0.29, 0.717) is 18.0 Å². The van der Waals surface area contributed by atoms with Crippen molar-refractivity contribution in [1.82, 2.24) is 0 Å². The Labute approximate surface area is 118 Å². The van der Waals surface area contributed by atoms with Crippen LogP contribution in [0.2, 0.25) is 0 Å². The third-order valence-electron chi connectivity index (χ3n) is 2.77. The molecular weight excluding hydrogens is 258 g/mol. The van der Waals surface area contributed by atoms with Gasteiger partial charge in [-0.1, -0.05) is 13.0 Å². The van der Waals surface area contributed by atoms with Crippen molar-refractivity contribution in [3.63, 3.8) is 0 Å². The zero-order valence-corrected chi connectivity index (χ0v) is 12.1. The average Bonchev–Trinajstić information content (AvgIpc) is 2.35. The van der Waals surface area contributed by atoms with Crippen LogP contribution in [0.3, 0.4) is 0 Å². The van der Waals surface area contributed by atoms with Gasteiger partial charge in [-0.25, -0.2) is 0 Å². The number of carbonyl (C=O) groups is 2. The largest absolute Gasteiger partial charge is 0.494 e. The van der Waals surface area contributed by atoms with Gasteiger partial charge in [0.1, 0.15) is 5.75 Å². The quantitative estimate of drug-likeness (QED) is 0.804. The molecule has 0 atom stereocenters. The van der Waals surface area contributed by atoms with Crippen LogP contribution in [0.4, 0.5) is 5.69 Å². The van der Waals surface area contributed by atoms with Crippen molar-refractivity contribution in [1.29, 1.82) is 0 Å². The fourth-order valence-corrected chi connectivity index (χ4v) is 1.57. The van der Waals surface area contributed by atoms with Gasteiger partial charge in [0, 0.05) is 18.2 Å². The van der Waals surface area contributed by atoms with Crippen molar-refractivity contribution < 1.29 is 19.4 Å². The first kappa shape index (κ1) is 16.0. The molecule has 110 valence electrons. The van der Waals surface area contributed by atoms with Crippen molar-refractivity contribution in [3.05, 3.63) is 24.3 Å². The van der Waals surface area contributed by atoms with Crippen LogP contribution in [-0.2, 0) is 9.59 Å². The molecule has 5 heteroatoms. The summed E-state index contributed by atoms with van der Waals surface area (Å²) in [5.74, 6) is -0.639. The Morgan fingerprint density at radius 2 is 2.05 bits per heavy atom.